The SMILES string of the molecule is NCC(C=O)CC1CCCCC1. The van der Waals surface area contributed by atoms with Gasteiger partial charge in [0.05, 0.1) is 0 Å². The molecule has 0 aromatic rings. The summed E-state index contributed by atoms with van der Waals surface area (Å²) in [5.41, 5.74) is 5.47. The van der Waals surface area contributed by atoms with Crippen molar-refractivity contribution in [2.45, 2.75) is 38.5 Å². The third kappa shape index (κ3) is 2.94. The van der Waals surface area contributed by atoms with Gasteiger partial charge in [-0.1, -0.05) is 32.1 Å². The largest absolute Gasteiger partial charge is 0.330 e. The average molecular weight is 169 g/mol. The van der Waals surface area contributed by atoms with Crippen molar-refractivity contribution in [3.63, 3.8) is 0 Å². The Labute approximate surface area is 74.5 Å². The first-order valence-electron chi connectivity index (χ1n) is 5.02. The van der Waals surface area contributed by atoms with Crippen molar-refractivity contribution in [1.29, 1.82) is 0 Å². The van der Waals surface area contributed by atoms with Crippen LogP contribution in [0, 0.1) is 11.8 Å². The fourth-order valence-electron chi connectivity index (χ4n) is 2.06. The van der Waals surface area contributed by atoms with Crippen molar-refractivity contribution in [2.75, 3.05) is 6.54 Å². The first-order chi connectivity index (χ1) is 5.86. The van der Waals surface area contributed by atoms with Gasteiger partial charge in [-0.15, -0.1) is 0 Å². The van der Waals surface area contributed by atoms with Crippen LogP contribution >= 0.6 is 0 Å². The fraction of sp³-hybridized carbons (Fsp3) is 0.900. The van der Waals surface area contributed by atoms with Crippen LogP contribution in [-0.2, 0) is 4.79 Å². The summed E-state index contributed by atoms with van der Waals surface area (Å²) in [5.74, 6) is 0.894. The molecule has 1 unspecified atom stereocenters. The van der Waals surface area contributed by atoms with Gasteiger partial charge in [0.2, 0.25) is 0 Å². The van der Waals surface area contributed by atoms with E-state index in [1.165, 1.54) is 32.1 Å². The van der Waals surface area contributed by atoms with Crippen molar-refractivity contribution >= 4 is 6.29 Å². The molecule has 2 nitrogen and oxygen atoms in total. The average Bonchev–Trinajstić information content (AvgIpc) is 2.16. The molecule has 70 valence electrons. The van der Waals surface area contributed by atoms with Gasteiger partial charge in [0.1, 0.15) is 6.29 Å². The second-order valence-electron chi connectivity index (χ2n) is 3.87. The fourth-order valence-corrected chi connectivity index (χ4v) is 2.06. The maximum atomic E-state index is 10.5. The molecule has 1 aliphatic carbocycles. The monoisotopic (exact) mass is 169 g/mol. The summed E-state index contributed by atoms with van der Waals surface area (Å²) >= 11 is 0. The molecule has 0 amide bonds. The highest BCUT2D eigenvalue weighted by Crippen LogP contribution is 2.28. The van der Waals surface area contributed by atoms with Gasteiger partial charge in [0.25, 0.3) is 0 Å². The number of hydrogen-bond acceptors (Lipinski definition) is 2. The molecule has 2 heteroatoms. The molecule has 1 atom stereocenters. The van der Waals surface area contributed by atoms with Gasteiger partial charge in [0, 0.05) is 12.5 Å². The van der Waals surface area contributed by atoms with Crippen LogP contribution < -0.4 is 5.73 Å². The van der Waals surface area contributed by atoms with E-state index >= 15 is 0 Å². The van der Waals surface area contributed by atoms with Crippen molar-refractivity contribution in [1.82, 2.24) is 0 Å². The molecule has 1 rings (SSSR count). The highest BCUT2D eigenvalue weighted by Gasteiger charge is 2.17. The zero-order valence-corrected chi connectivity index (χ0v) is 7.67. The summed E-state index contributed by atoms with van der Waals surface area (Å²) in [6.07, 6.45) is 8.75. The Kier molecular flexibility index (Phi) is 4.30. The maximum absolute atomic E-state index is 10.5. The van der Waals surface area contributed by atoms with Gasteiger partial charge < -0.3 is 10.5 Å². The Morgan fingerprint density at radius 3 is 2.50 bits per heavy atom. The summed E-state index contributed by atoms with van der Waals surface area (Å²) in [6.45, 7) is 0.528. The predicted octanol–water partition coefficient (Wildman–Crippen LogP) is 1.73. The molecule has 0 bridgehead atoms. The quantitative estimate of drug-likeness (QED) is 0.651. The minimum absolute atomic E-state index is 0.119. The number of nitrogens with two attached hydrogens (primary N) is 1. The number of aldehydes is 1. The lowest BCUT2D eigenvalue weighted by atomic mass is 9.83. The number of rotatable bonds is 4. The molecule has 2 N–H and O–H groups in total. The van der Waals surface area contributed by atoms with Crippen LogP contribution in [0.1, 0.15) is 38.5 Å². The lowest BCUT2D eigenvalue weighted by molar-refractivity contribution is -0.111. The molecule has 1 aliphatic rings. The van der Waals surface area contributed by atoms with Gasteiger partial charge in [-0.25, -0.2) is 0 Å². The standard InChI is InChI=1S/C10H19NO/c11-7-10(8-12)6-9-4-2-1-3-5-9/h8-10H,1-7,11H2. The van der Waals surface area contributed by atoms with E-state index < -0.39 is 0 Å². The molecule has 1 fully saturated rings. The highest BCUT2D eigenvalue weighted by molar-refractivity contribution is 5.53. The Morgan fingerprint density at radius 2 is 2.00 bits per heavy atom. The van der Waals surface area contributed by atoms with Gasteiger partial charge in [-0.3, -0.25) is 0 Å². The van der Waals surface area contributed by atoms with E-state index in [1.807, 2.05) is 0 Å². The van der Waals surface area contributed by atoms with E-state index in [4.69, 9.17) is 5.73 Å². The van der Waals surface area contributed by atoms with Gasteiger partial charge >= 0.3 is 0 Å². The molecule has 0 radical (unpaired) electrons. The topological polar surface area (TPSA) is 43.1 Å². The predicted molar refractivity (Wildman–Crippen MR) is 49.8 cm³/mol. The molecule has 0 aliphatic heterocycles. The van der Waals surface area contributed by atoms with E-state index in [0.717, 1.165) is 18.6 Å². The molecule has 0 heterocycles. The van der Waals surface area contributed by atoms with Crippen LogP contribution in [0.15, 0.2) is 0 Å². The van der Waals surface area contributed by atoms with Crippen molar-refractivity contribution in [3.8, 4) is 0 Å². The lowest BCUT2D eigenvalue weighted by Gasteiger charge is -2.23. The number of carbonyl (C=O) groups is 1. The first kappa shape index (κ1) is 9.72. The van der Waals surface area contributed by atoms with Gasteiger partial charge in [0.15, 0.2) is 0 Å². The summed E-state index contributed by atoms with van der Waals surface area (Å²) in [4.78, 5) is 10.5. The third-order valence-corrected chi connectivity index (χ3v) is 2.86. The summed E-state index contributed by atoms with van der Waals surface area (Å²) < 4.78 is 0. The van der Waals surface area contributed by atoms with Crippen molar-refractivity contribution in [3.05, 3.63) is 0 Å². The van der Waals surface area contributed by atoms with Crippen LogP contribution in [0.4, 0.5) is 0 Å². The molecule has 0 saturated heterocycles. The van der Waals surface area contributed by atoms with E-state index in [2.05, 4.69) is 0 Å². The van der Waals surface area contributed by atoms with Crippen LogP contribution in [0.5, 0.6) is 0 Å². The summed E-state index contributed by atoms with van der Waals surface area (Å²) in [7, 11) is 0. The normalized spacial score (nSPS) is 22.1. The van der Waals surface area contributed by atoms with Gasteiger partial charge in [-0.2, -0.15) is 0 Å². The van der Waals surface area contributed by atoms with Crippen molar-refractivity contribution in [2.24, 2.45) is 17.6 Å². The van der Waals surface area contributed by atoms with Crippen LogP contribution in [0.3, 0.4) is 0 Å². The number of hydrogen-bond donors (Lipinski definition) is 1. The number of carbonyl (C=O) groups excluding carboxylic acids is 1. The first-order valence-corrected chi connectivity index (χ1v) is 5.02. The smallest absolute Gasteiger partial charge is 0.124 e. The van der Waals surface area contributed by atoms with E-state index in [1.54, 1.807) is 0 Å². The molecule has 0 aromatic heterocycles. The molecule has 0 aromatic carbocycles. The minimum atomic E-state index is 0.119. The Bertz CT molecular complexity index is 130. The summed E-state index contributed by atoms with van der Waals surface area (Å²) in [6, 6.07) is 0. The maximum Gasteiger partial charge on any atom is 0.124 e. The minimum Gasteiger partial charge on any atom is -0.330 e. The highest BCUT2D eigenvalue weighted by atomic mass is 16.1. The third-order valence-electron chi connectivity index (χ3n) is 2.86. The van der Waals surface area contributed by atoms with Crippen LogP contribution in [-0.4, -0.2) is 12.8 Å². The zero-order chi connectivity index (χ0) is 8.81. The zero-order valence-electron chi connectivity index (χ0n) is 7.67. The molecular formula is C10H19NO. The second kappa shape index (κ2) is 5.31. The Balaban J connectivity index is 2.22. The second-order valence-corrected chi connectivity index (χ2v) is 3.87. The summed E-state index contributed by atoms with van der Waals surface area (Å²) in [5, 5.41) is 0. The molecule has 0 spiro atoms. The lowest BCUT2D eigenvalue weighted by Crippen LogP contribution is -2.20. The van der Waals surface area contributed by atoms with Crippen LogP contribution in [0.25, 0.3) is 0 Å². The molecule has 1 saturated carbocycles. The van der Waals surface area contributed by atoms with Crippen LogP contribution in [0.2, 0.25) is 0 Å². The van der Waals surface area contributed by atoms with Gasteiger partial charge in [-0.05, 0) is 12.3 Å². The molecular weight excluding hydrogens is 150 g/mol. The van der Waals surface area contributed by atoms with E-state index in [-0.39, 0.29) is 5.92 Å². The van der Waals surface area contributed by atoms with E-state index in [9.17, 15) is 4.79 Å². The molecule has 12 heavy (non-hydrogen) atoms. The Morgan fingerprint density at radius 1 is 1.33 bits per heavy atom. The Hall–Kier alpha value is -0.370. The van der Waals surface area contributed by atoms with E-state index in [0.29, 0.717) is 6.54 Å². The van der Waals surface area contributed by atoms with Crippen molar-refractivity contribution < 1.29 is 4.79 Å².